The number of aliphatic hydroxyl groups excluding tert-OH is 1. The highest BCUT2D eigenvalue weighted by Crippen LogP contribution is 2.19. The van der Waals surface area contributed by atoms with Crippen molar-refractivity contribution in [2.24, 2.45) is 5.92 Å². The Labute approximate surface area is 121 Å². The van der Waals surface area contributed by atoms with Crippen molar-refractivity contribution < 1.29 is 9.90 Å². The Bertz CT molecular complexity index is 453. The van der Waals surface area contributed by atoms with E-state index in [4.69, 9.17) is 5.11 Å². The Hall–Kier alpha value is -1.07. The highest BCUT2D eigenvalue weighted by atomic mass is 79.9. The van der Waals surface area contributed by atoms with E-state index in [1.54, 1.807) is 4.90 Å². The van der Waals surface area contributed by atoms with Crippen LogP contribution in [0.25, 0.3) is 0 Å². The molecule has 104 valence electrons. The molecule has 4 nitrogen and oxygen atoms in total. The lowest BCUT2D eigenvalue weighted by Crippen LogP contribution is -2.39. The van der Waals surface area contributed by atoms with Crippen LogP contribution in [0.2, 0.25) is 0 Å². The lowest BCUT2D eigenvalue weighted by atomic mass is 10.1. The number of nitrogens with zero attached hydrogens (tertiary/aromatic N) is 1. The standard InChI is InChI=1S/C14H19BrN2O2/c1-10(12-3-2-4-13(15)7-12)16-14(19)17-6-5-11(8-17)9-18/h2-4,7,10-11,18H,5-6,8-9H2,1H3,(H,16,19). The molecule has 1 aliphatic heterocycles. The van der Waals surface area contributed by atoms with Crippen LogP contribution in [0.5, 0.6) is 0 Å². The number of aliphatic hydroxyl groups is 1. The summed E-state index contributed by atoms with van der Waals surface area (Å²) in [6, 6.07) is 7.84. The van der Waals surface area contributed by atoms with Crippen molar-refractivity contribution in [2.75, 3.05) is 19.7 Å². The number of amides is 2. The Morgan fingerprint density at radius 1 is 1.63 bits per heavy atom. The zero-order chi connectivity index (χ0) is 13.8. The van der Waals surface area contributed by atoms with E-state index < -0.39 is 0 Å². The van der Waals surface area contributed by atoms with Crippen molar-refractivity contribution in [3.05, 3.63) is 34.3 Å². The zero-order valence-electron chi connectivity index (χ0n) is 11.0. The molecular weight excluding hydrogens is 308 g/mol. The van der Waals surface area contributed by atoms with E-state index in [9.17, 15) is 4.79 Å². The quantitative estimate of drug-likeness (QED) is 0.896. The Kier molecular flexibility index (Phi) is 4.82. The topological polar surface area (TPSA) is 52.6 Å². The number of halogens is 1. The third-order valence-electron chi connectivity index (χ3n) is 3.52. The van der Waals surface area contributed by atoms with E-state index >= 15 is 0 Å². The number of urea groups is 1. The van der Waals surface area contributed by atoms with Crippen LogP contribution in [0.4, 0.5) is 4.79 Å². The number of carbonyl (C=O) groups excluding carboxylic acids is 1. The first-order valence-corrected chi connectivity index (χ1v) is 7.31. The first-order chi connectivity index (χ1) is 9.10. The maximum absolute atomic E-state index is 12.1. The summed E-state index contributed by atoms with van der Waals surface area (Å²) < 4.78 is 1.01. The van der Waals surface area contributed by atoms with Crippen molar-refractivity contribution in [2.45, 2.75) is 19.4 Å². The van der Waals surface area contributed by atoms with Gasteiger partial charge in [0.1, 0.15) is 0 Å². The Balaban J connectivity index is 1.92. The monoisotopic (exact) mass is 326 g/mol. The highest BCUT2D eigenvalue weighted by molar-refractivity contribution is 9.10. The van der Waals surface area contributed by atoms with Gasteiger partial charge in [-0.3, -0.25) is 0 Å². The van der Waals surface area contributed by atoms with Crippen LogP contribution in [0.1, 0.15) is 24.9 Å². The van der Waals surface area contributed by atoms with E-state index in [-0.39, 0.29) is 24.6 Å². The number of rotatable bonds is 3. The summed E-state index contributed by atoms with van der Waals surface area (Å²) >= 11 is 3.43. The van der Waals surface area contributed by atoms with E-state index in [1.165, 1.54) is 0 Å². The third kappa shape index (κ3) is 3.70. The van der Waals surface area contributed by atoms with Gasteiger partial charge < -0.3 is 15.3 Å². The molecule has 1 heterocycles. The lowest BCUT2D eigenvalue weighted by Gasteiger charge is -2.21. The summed E-state index contributed by atoms with van der Waals surface area (Å²) in [4.78, 5) is 13.9. The van der Waals surface area contributed by atoms with Gasteiger partial charge in [-0.2, -0.15) is 0 Å². The number of carbonyl (C=O) groups is 1. The van der Waals surface area contributed by atoms with Crippen molar-refractivity contribution in [3.8, 4) is 0 Å². The summed E-state index contributed by atoms with van der Waals surface area (Å²) in [5.74, 6) is 0.229. The third-order valence-corrected chi connectivity index (χ3v) is 4.01. The number of hydrogen-bond acceptors (Lipinski definition) is 2. The molecular formula is C14H19BrN2O2. The number of nitrogens with one attached hydrogen (secondary N) is 1. The summed E-state index contributed by atoms with van der Waals surface area (Å²) in [6.45, 7) is 3.50. The van der Waals surface area contributed by atoms with E-state index in [1.807, 2.05) is 31.2 Å². The normalized spacial score (nSPS) is 20.4. The molecule has 1 saturated heterocycles. The molecule has 2 unspecified atom stereocenters. The predicted octanol–water partition coefficient (Wildman–Crippen LogP) is 2.53. The second kappa shape index (κ2) is 6.39. The molecule has 0 saturated carbocycles. The highest BCUT2D eigenvalue weighted by Gasteiger charge is 2.26. The van der Waals surface area contributed by atoms with Gasteiger partial charge in [0.15, 0.2) is 0 Å². The molecule has 0 bridgehead atoms. The van der Waals surface area contributed by atoms with Gasteiger partial charge in [0.25, 0.3) is 0 Å². The predicted molar refractivity (Wildman–Crippen MR) is 77.9 cm³/mol. The second-order valence-electron chi connectivity index (χ2n) is 5.01. The molecule has 1 fully saturated rings. The van der Waals surface area contributed by atoms with E-state index in [2.05, 4.69) is 21.2 Å². The molecule has 0 radical (unpaired) electrons. The molecule has 2 amide bonds. The molecule has 5 heteroatoms. The Morgan fingerprint density at radius 3 is 3.05 bits per heavy atom. The first kappa shape index (κ1) is 14.3. The van der Waals surface area contributed by atoms with Crippen molar-refractivity contribution >= 4 is 22.0 Å². The van der Waals surface area contributed by atoms with Crippen molar-refractivity contribution in [3.63, 3.8) is 0 Å². The van der Waals surface area contributed by atoms with E-state index in [0.29, 0.717) is 6.54 Å². The maximum atomic E-state index is 12.1. The number of hydrogen-bond donors (Lipinski definition) is 2. The molecule has 2 atom stereocenters. The second-order valence-corrected chi connectivity index (χ2v) is 5.93. The fourth-order valence-electron chi connectivity index (χ4n) is 2.30. The maximum Gasteiger partial charge on any atom is 0.317 e. The average Bonchev–Trinajstić information content (AvgIpc) is 2.87. The summed E-state index contributed by atoms with van der Waals surface area (Å²) in [6.07, 6.45) is 0.884. The van der Waals surface area contributed by atoms with Gasteiger partial charge in [-0.15, -0.1) is 0 Å². The molecule has 1 aromatic carbocycles. The van der Waals surface area contributed by atoms with Gasteiger partial charge in [0.2, 0.25) is 0 Å². The molecule has 2 N–H and O–H groups in total. The molecule has 19 heavy (non-hydrogen) atoms. The van der Waals surface area contributed by atoms with Gasteiger partial charge in [-0.1, -0.05) is 28.1 Å². The van der Waals surface area contributed by atoms with Crippen LogP contribution in [0.15, 0.2) is 28.7 Å². The first-order valence-electron chi connectivity index (χ1n) is 6.52. The molecule has 1 aromatic rings. The zero-order valence-corrected chi connectivity index (χ0v) is 12.6. The van der Waals surface area contributed by atoms with Crippen LogP contribution in [0, 0.1) is 5.92 Å². The summed E-state index contributed by atoms with van der Waals surface area (Å²) in [5.41, 5.74) is 1.07. The molecule has 1 aliphatic rings. The van der Waals surface area contributed by atoms with Gasteiger partial charge in [0.05, 0.1) is 6.04 Å². The number of likely N-dealkylation sites (tertiary alicyclic amines) is 1. The number of benzene rings is 1. The van der Waals surface area contributed by atoms with Crippen LogP contribution >= 0.6 is 15.9 Å². The van der Waals surface area contributed by atoms with Crippen LogP contribution < -0.4 is 5.32 Å². The molecule has 0 aromatic heterocycles. The van der Waals surface area contributed by atoms with Gasteiger partial charge >= 0.3 is 6.03 Å². The summed E-state index contributed by atoms with van der Waals surface area (Å²) in [7, 11) is 0. The van der Waals surface area contributed by atoms with Crippen LogP contribution in [-0.4, -0.2) is 35.7 Å². The van der Waals surface area contributed by atoms with Gasteiger partial charge in [0, 0.05) is 30.1 Å². The summed E-state index contributed by atoms with van der Waals surface area (Å²) in [5, 5.41) is 12.1. The molecule has 0 spiro atoms. The molecule has 2 rings (SSSR count). The SMILES string of the molecule is CC(NC(=O)N1CCC(CO)C1)c1cccc(Br)c1. The Morgan fingerprint density at radius 2 is 2.42 bits per heavy atom. The average molecular weight is 327 g/mol. The lowest BCUT2D eigenvalue weighted by molar-refractivity contribution is 0.195. The smallest absolute Gasteiger partial charge is 0.317 e. The van der Waals surface area contributed by atoms with Gasteiger partial charge in [-0.25, -0.2) is 4.79 Å². The van der Waals surface area contributed by atoms with E-state index in [0.717, 1.165) is 23.0 Å². The minimum atomic E-state index is -0.0524. The van der Waals surface area contributed by atoms with Crippen molar-refractivity contribution in [1.82, 2.24) is 10.2 Å². The fourth-order valence-corrected chi connectivity index (χ4v) is 2.72. The molecule has 0 aliphatic carbocycles. The largest absolute Gasteiger partial charge is 0.396 e. The van der Waals surface area contributed by atoms with Crippen LogP contribution in [-0.2, 0) is 0 Å². The minimum Gasteiger partial charge on any atom is -0.396 e. The van der Waals surface area contributed by atoms with Gasteiger partial charge in [-0.05, 0) is 31.0 Å². The van der Waals surface area contributed by atoms with Crippen molar-refractivity contribution in [1.29, 1.82) is 0 Å². The van der Waals surface area contributed by atoms with Crippen LogP contribution in [0.3, 0.4) is 0 Å². The minimum absolute atomic E-state index is 0.0295. The fraction of sp³-hybridized carbons (Fsp3) is 0.500.